The molecule has 0 bridgehead atoms. The first kappa shape index (κ1) is 20.5. The van der Waals surface area contributed by atoms with Crippen LogP contribution in [0.15, 0.2) is 36.4 Å². The number of hydrogen-bond acceptors (Lipinski definition) is 4. The maximum Gasteiger partial charge on any atom is 0.330 e. The molecule has 2 fully saturated rings. The zero-order chi connectivity index (χ0) is 20.5. The van der Waals surface area contributed by atoms with Gasteiger partial charge in [-0.05, 0) is 66.2 Å². The zero-order valence-corrected chi connectivity index (χ0v) is 17.2. The highest BCUT2D eigenvalue weighted by Gasteiger charge is 2.53. The number of ether oxygens (including phenoxy) is 1. The Kier molecular flexibility index (Phi) is 5.60. The fourth-order valence-corrected chi connectivity index (χ4v) is 5.60. The molecule has 28 heavy (non-hydrogen) atoms. The van der Waals surface area contributed by atoms with E-state index < -0.39 is 5.97 Å². The Labute approximate surface area is 167 Å². The van der Waals surface area contributed by atoms with Gasteiger partial charge >= 0.3 is 5.97 Å². The van der Waals surface area contributed by atoms with Crippen molar-refractivity contribution in [2.24, 2.45) is 22.7 Å². The first-order valence-electron chi connectivity index (χ1n) is 10.2. The minimum Gasteiger partial charge on any atom is -0.504 e. The summed E-state index contributed by atoms with van der Waals surface area (Å²) >= 11 is 0. The molecular weight excluding hydrogens is 352 g/mol. The smallest absolute Gasteiger partial charge is 0.330 e. The number of benzene rings is 1. The Morgan fingerprint density at radius 2 is 2.00 bits per heavy atom. The van der Waals surface area contributed by atoms with E-state index in [1.165, 1.54) is 43.0 Å². The molecule has 2 N–H and O–H groups in total. The quantitative estimate of drug-likeness (QED) is 0.313. The summed E-state index contributed by atoms with van der Waals surface area (Å²) in [6, 6.07) is 4.41. The molecule has 1 aromatic carbocycles. The van der Waals surface area contributed by atoms with Gasteiger partial charge < -0.3 is 14.9 Å². The van der Waals surface area contributed by atoms with Crippen LogP contribution in [0.1, 0.15) is 58.4 Å². The predicted octanol–water partition coefficient (Wildman–Crippen LogP) is 5.45. The van der Waals surface area contributed by atoms with Gasteiger partial charge in [0, 0.05) is 12.0 Å². The van der Waals surface area contributed by atoms with Crippen LogP contribution in [0, 0.1) is 22.7 Å². The van der Waals surface area contributed by atoms with Crippen molar-refractivity contribution >= 4 is 12.0 Å². The van der Waals surface area contributed by atoms with Crippen LogP contribution in [0.5, 0.6) is 11.5 Å². The van der Waals surface area contributed by atoms with Gasteiger partial charge in [0.2, 0.25) is 0 Å². The van der Waals surface area contributed by atoms with Gasteiger partial charge in [0.25, 0.3) is 0 Å². The molecule has 2 saturated carbocycles. The van der Waals surface area contributed by atoms with Crippen LogP contribution in [0.3, 0.4) is 0 Å². The number of aromatic hydroxyl groups is 2. The van der Waals surface area contributed by atoms with Crippen molar-refractivity contribution in [2.45, 2.75) is 52.9 Å². The highest BCUT2D eigenvalue weighted by atomic mass is 16.5. The third-order valence-corrected chi connectivity index (χ3v) is 7.12. The van der Waals surface area contributed by atoms with Crippen molar-refractivity contribution in [2.75, 3.05) is 6.61 Å². The summed E-state index contributed by atoms with van der Waals surface area (Å²) in [6.45, 7) is 11.8. The molecule has 0 aromatic heterocycles. The molecule has 3 rings (SSSR count). The average Bonchev–Trinajstić information content (AvgIpc) is 2.61. The van der Waals surface area contributed by atoms with E-state index in [2.05, 4.69) is 27.4 Å². The maximum absolute atomic E-state index is 12.3. The van der Waals surface area contributed by atoms with E-state index in [9.17, 15) is 15.0 Å². The van der Waals surface area contributed by atoms with Gasteiger partial charge in [-0.15, -0.1) is 0 Å². The molecule has 3 atom stereocenters. The normalized spacial score (nSPS) is 29.5. The summed E-state index contributed by atoms with van der Waals surface area (Å²) in [5.74, 6) is 0.0159. The lowest BCUT2D eigenvalue weighted by Crippen LogP contribution is -2.50. The summed E-state index contributed by atoms with van der Waals surface area (Å²) in [7, 11) is 0. The van der Waals surface area contributed by atoms with E-state index in [4.69, 9.17) is 4.74 Å². The molecule has 4 nitrogen and oxygen atoms in total. The minimum atomic E-state index is -0.402. The molecule has 0 heterocycles. The first-order chi connectivity index (χ1) is 13.1. The van der Waals surface area contributed by atoms with Crippen molar-refractivity contribution in [3.05, 3.63) is 42.0 Å². The molecule has 0 radical (unpaired) electrons. The van der Waals surface area contributed by atoms with Gasteiger partial charge in [0.1, 0.15) is 0 Å². The Morgan fingerprint density at radius 3 is 2.71 bits per heavy atom. The number of carbonyl (C=O) groups is 1. The number of phenols is 2. The molecule has 0 amide bonds. The minimum absolute atomic E-state index is 0.129. The molecule has 0 spiro atoms. The second-order valence-corrected chi connectivity index (χ2v) is 9.36. The molecule has 0 saturated heterocycles. The molecule has 152 valence electrons. The van der Waals surface area contributed by atoms with Crippen LogP contribution in [0.4, 0.5) is 0 Å². The number of fused-ring (bicyclic) bond motifs is 1. The maximum atomic E-state index is 12.3. The van der Waals surface area contributed by atoms with Crippen molar-refractivity contribution in [3.63, 3.8) is 0 Å². The Balaban J connectivity index is 1.66. The number of esters is 1. The van der Waals surface area contributed by atoms with Crippen molar-refractivity contribution in [1.29, 1.82) is 0 Å². The molecular formula is C24H32O4. The van der Waals surface area contributed by atoms with Gasteiger partial charge in [-0.25, -0.2) is 4.79 Å². The third-order valence-electron chi connectivity index (χ3n) is 7.12. The lowest BCUT2D eigenvalue weighted by atomic mass is 9.48. The highest BCUT2D eigenvalue weighted by Crippen LogP contribution is 2.60. The number of hydrogen-bond donors (Lipinski definition) is 2. The van der Waals surface area contributed by atoms with Gasteiger partial charge in [0.15, 0.2) is 11.5 Å². The van der Waals surface area contributed by atoms with Crippen molar-refractivity contribution in [1.82, 2.24) is 0 Å². The SMILES string of the molecule is C=C1CC[C@H]2C(C)(C)CCC[C@]2(C)[C@H]1COC(=O)C=Cc1ccc(O)c(O)c1. The van der Waals surface area contributed by atoms with Gasteiger partial charge in [-0.3, -0.25) is 0 Å². The second-order valence-electron chi connectivity index (χ2n) is 9.36. The van der Waals surface area contributed by atoms with E-state index in [1.54, 1.807) is 12.1 Å². The summed E-state index contributed by atoms with van der Waals surface area (Å²) in [5, 5.41) is 18.9. The summed E-state index contributed by atoms with van der Waals surface area (Å²) in [5.41, 5.74) is 2.27. The van der Waals surface area contributed by atoms with Crippen LogP contribution in [0.2, 0.25) is 0 Å². The third kappa shape index (κ3) is 3.96. The van der Waals surface area contributed by atoms with Gasteiger partial charge in [-0.1, -0.05) is 45.4 Å². The molecule has 0 aliphatic heterocycles. The number of phenolic OH excluding ortho intramolecular Hbond substituents is 2. The van der Waals surface area contributed by atoms with Crippen LogP contribution >= 0.6 is 0 Å². The monoisotopic (exact) mass is 384 g/mol. The summed E-state index contributed by atoms with van der Waals surface area (Å²) in [4.78, 5) is 12.3. The standard InChI is InChI=1S/C24H32O4/c1-16-6-10-21-23(2,3)12-5-13-24(21,4)18(16)15-28-22(27)11-8-17-7-9-19(25)20(26)14-17/h7-9,11,14,18,21,25-26H,1,5-6,10,12-13,15H2,2-4H3/t18-,21-,24+/m0/s1. The fourth-order valence-electron chi connectivity index (χ4n) is 5.60. The van der Waals surface area contributed by atoms with Gasteiger partial charge in [0.05, 0.1) is 6.61 Å². The van der Waals surface area contributed by atoms with Crippen LogP contribution in [-0.2, 0) is 9.53 Å². The molecule has 2 aliphatic rings. The summed E-state index contributed by atoms with van der Waals surface area (Å²) < 4.78 is 5.61. The first-order valence-corrected chi connectivity index (χ1v) is 10.2. The molecule has 4 heteroatoms. The van der Waals surface area contributed by atoms with Gasteiger partial charge in [-0.2, -0.15) is 0 Å². The van der Waals surface area contributed by atoms with E-state index in [0.29, 0.717) is 23.5 Å². The Morgan fingerprint density at radius 1 is 1.25 bits per heavy atom. The van der Waals surface area contributed by atoms with Crippen LogP contribution < -0.4 is 0 Å². The average molecular weight is 385 g/mol. The van der Waals surface area contributed by atoms with E-state index in [0.717, 1.165) is 12.8 Å². The topological polar surface area (TPSA) is 66.8 Å². The number of carbonyl (C=O) groups excluding carboxylic acids is 1. The Bertz CT molecular complexity index is 792. The Hall–Kier alpha value is -2.23. The fraction of sp³-hybridized carbons (Fsp3) is 0.542. The van der Waals surface area contributed by atoms with Crippen LogP contribution in [0.25, 0.3) is 6.08 Å². The second kappa shape index (κ2) is 7.65. The van der Waals surface area contributed by atoms with Crippen molar-refractivity contribution in [3.8, 4) is 11.5 Å². The molecule has 0 unspecified atom stereocenters. The largest absolute Gasteiger partial charge is 0.504 e. The molecule has 1 aromatic rings. The summed E-state index contributed by atoms with van der Waals surface area (Å²) in [6.07, 6.45) is 8.75. The van der Waals surface area contributed by atoms with E-state index >= 15 is 0 Å². The molecule has 2 aliphatic carbocycles. The highest BCUT2D eigenvalue weighted by molar-refractivity contribution is 5.87. The lowest BCUT2D eigenvalue weighted by molar-refractivity contribution is -0.143. The van der Waals surface area contributed by atoms with Crippen LogP contribution in [-0.4, -0.2) is 22.8 Å². The zero-order valence-electron chi connectivity index (χ0n) is 17.2. The van der Waals surface area contributed by atoms with E-state index in [1.807, 2.05) is 0 Å². The number of rotatable bonds is 4. The predicted molar refractivity (Wildman–Crippen MR) is 111 cm³/mol. The van der Waals surface area contributed by atoms with Crippen molar-refractivity contribution < 1.29 is 19.7 Å². The van der Waals surface area contributed by atoms with E-state index in [-0.39, 0.29) is 22.8 Å². The lowest BCUT2D eigenvalue weighted by Gasteiger charge is -2.57.